The molecule has 192 valence electrons. The van der Waals surface area contributed by atoms with Crippen LogP contribution in [0.5, 0.6) is 5.88 Å². The molecule has 1 aliphatic carbocycles. The number of fused-ring (bicyclic) bond motifs is 2. The lowest BCUT2D eigenvalue weighted by Crippen LogP contribution is -2.37. The van der Waals surface area contributed by atoms with Crippen LogP contribution < -0.4 is 8.61 Å². The molecule has 3 aliphatic rings. The first-order valence-electron chi connectivity index (χ1n) is 11.8. The van der Waals surface area contributed by atoms with Crippen molar-refractivity contribution < 1.29 is 26.8 Å². The maximum absolute atomic E-state index is 13.5. The Morgan fingerprint density at radius 2 is 2.03 bits per heavy atom. The molecule has 3 aromatic rings. The molecule has 1 atom stereocenters. The first kappa shape index (κ1) is 23.7. The van der Waals surface area contributed by atoms with Crippen molar-refractivity contribution in [1.82, 2.24) is 10.1 Å². The molecule has 0 amide bonds. The van der Waals surface area contributed by atoms with Gasteiger partial charge in [-0.05, 0) is 46.1 Å². The fraction of sp³-hybridized carbons (Fsp3) is 0.360. The molecule has 12 heteroatoms. The lowest BCUT2D eigenvalue weighted by Gasteiger charge is -2.25. The van der Waals surface area contributed by atoms with Gasteiger partial charge < -0.3 is 9.63 Å². The third-order valence-corrected chi connectivity index (χ3v) is 9.15. The van der Waals surface area contributed by atoms with E-state index in [4.69, 9.17) is 4.52 Å². The van der Waals surface area contributed by atoms with Crippen molar-refractivity contribution in [3.8, 4) is 23.1 Å². The topological polar surface area (TPSA) is 114 Å². The first-order chi connectivity index (χ1) is 17.6. The van der Waals surface area contributed by atoms with Crippen LogP contribution in [0.2, 0.25) is 0 Å². The number of aromatic nitrogens is 1. The number of alkyl halides is 2. The standard InChI is InChI=1S/C25H23F2N5O4S/c1-30-22-9-16(4-5-21(22)32(37(30,34)35)13-18-10-25(18,26)27)19-8-15(2-3-17(19)11-28)12-31-7-6-23-20(14-31)24(33)29-36-23/h2-5,8-9,18H,6-7,10,12-14H2,1H3,(H,29,33). The maximum Gasteiger partial charge on any atom is 0.326 e. The van der Waals surface area contributed by atoms with Gasteiger partial charge in [-0.3, -0.25) is 13.5 Å². The molecule has 37 heavy (non-hydrogen) atoms. The van der Waals surface area contributed by atoms with Crippen molar-refractivity contribution in [1.29, 1.82) is 5.26 Å². The van der Waals surface area contributed by atoms with E-state index in [9.17, 15) is 27.6 Å². The van der Waals surface area contributed by atoms with E-state index in [0.717, 1.165) is 14.2 Å². The summed E-state index contributed by atoms with van der Waals surface area (Å²) in [5, 5.41) is 23.3. The zero-order chi connectivity index (χ0) is 26.1. The number of aromatic hydroxyl groups is 1. The molecule has 0 radical (unpaired) electrons. The Kier molecular flexibility index (Phi) is 5.22. The summed E-state index contributed by atoms with van der Waals surface area (Å²) in [6, 6.07) is 12.7. The van der Waals surface area contributed by atoms with Crippen LogP contribution in [0.1, 0.15) is 28.9 Å². The fourth-order valence-electron chi connectivity index (χ4n) is 5.08. The number of anilines is 2. The van der Waals surface area contributed by atoms with Gasteiger partial charge in [0.1, 0.15) is 5.76 Å². The van der Waals surface area contributed by atoms with E-state index >= 15 is 0 Å². The number of rotatable bonds is 5. The van der Waals surface area contributed by atoms with Crippen LogP contribution in [-0.2, 0) is 29.7 Å². The van der Waals surface area contributed by atoms with Gasteiger partial charge in [0.25, 0.3) is 11.8 Å². The number of nitriles is 1. The van der Waals surface area contributed by atoms with Crippen molar-refractivity contribution in [2.24, 2.45) is 5.92 Å². The van der Waals surface area contributed by atoms with Crippen molar-refractivity contribution in [3.05, 3.63) is 58.8 Å². The minimum atomic E-state index is -3.97. The van der Waals surface area contributed by atoms with Gasteiger partial charge in [0.2, 0.25) is 0 Å². The summed E-state index contributed by atoms with van der Waals surface area (Å²) in [7, 11) is -2.57. The van der Waals surface area contributed by atoms with Crippen molar-refractivity contribution in [3.63, 3.8) is 0 Å². The summed E-state index contributed by atoms with van der Waals surface area (Å²) >= 11 is 0. The van der Waals surface area contributed by atoms with Gasteiger partial charge in [-0.1, -0.05) is 12.1 Å². The van der Waals surface area contributed by atoms with E-state index in [0.29, 0.717) is 65.4 Å². The quantitative estimate of drug-likeness (QED) is 0.539. The average Bonchev–Trinajstić information content (AvgIpc) is 3.24. The van der Waals surface area contributed by atoms with E-state index in [1.807, 2.05) is 12.1 Å². The number of nitrogens with zero attached hydrogens (tertiary/aromatic N) is 5. The van der Waals surface area contributed by atoms with Crippen molar-refractivity contribution in [2.45, 2.75) is 31.9 Å². The second-order valence-electron chi connectivity index (χ2n) is 9.73. The molecule has 9 nitrogen and oxygen atoms in total. The summed E-state index contributed by atoms with van der Waals surface area (Å²) < 4.78 is 60.3. The highest BCUT2D eigenvalue weighted by molar-refractivity contribution is 7.94. The molecule has 2 aromatic carbocycles. The number of halogens is 2. The van der Waals surface area contributed by atoms with Gasteiger partial charge in [-0.25, -0.2) is 8.78 Å². The minimum Gasteiger partial charge on any atom is -0.491 e. The maximum atomic E-state index is 13.5. The molecular weight excluding hydrogens is 504 g/mol. The Balaban J connectivity index is 1.30. The second kappa shape index (κ2) is 8.16. The lowest BCUT2D eigenvalue weighted by molar-refractivity contribution is 0.101. The summed E-state index contributed by atoms with van der Waals surface area (Å²) in [5.41, 5.74) is 4.06. The van der Waals surface area contributed by atoms with Crippen LogP contribution in [0, 0.1) is 17.2 Å². The Morgan fingerprint density at radius 3 is 2.76 bits per heavy atom. The summed E-state index contributed by atoms with van der Waals surface area (Å²) in [5.74, 6) is -3.24. The first-order valence-corrected chi connectivity index (χ1v) is 13.2. The molecule has 0 saturated heterocycles. The van der Waals surface area contributed by atoms with Gasteiger partial charge in [0, 0.05) is 52.0 Å². The lowest BCUT2D eigenvalue weighted by atomic mass is 9.96. The predicted molar refractivity (Wildman–Crippen MR) is 130 cm³/mol. The van der Waals surface area contributed by atoms with E-state index in [1.54, 1.807) is 24.3 Å². The van der Waals surface area contributed by atoms with Crippen molar-refractivity contribution in [2.75, 3.05) is 28.7 Å². The number of benzene rings is 2. The molecule has 1 aromatic heterocycles. The van der Waals surface area contributed by atoms with Gasteiger partial charge in [-0.15, -0.1) is 0 Å². The monoisotopic (exact) mass is 527 g/mol. The molecule has 2 aliphatic heterocycles. The smallest absolute Gasteiger partial charge is 0.326 e. The Morgan fingerprint density at radius 1 is 1.24 bits per heavy atom. The second-order valence-corrected chi connectivity index (χ2v) is 11.6. The fourth-order valence-corrected chi connectivity index (χ4v) is 6.54. The molecule has 0 bridgehead atoms. The predicted octanol–water partition coefficient (Wildman–Crippen LogP) is 3.63. The van der Waals surface area contributed by atoms with Crippen LogP contribution in [0.15, 0.2) is 40.9 Å². The normalized spacial score (nSPS) is 21.4. The Hall–Kier alpha value is -3.69. The molecule has 6 rings (SSSR count). The minimum absolute atomic E-state index is 0.100. The van der Waals surface area contributed by atoms with Gasteiger partial charge in [-0.2, -0.15) is 13.7 Å². The third-order valence-electron chi connectivity index (χ3n) is 7.36. The molecule has 0 spiro atoms. The molecule has 1 fully saturated rings. The van der Waals surface area contributed by atoms with Crippen molar-refractivity contribution >= 4 is 21.6 Å². The SMILES string of the molecule is CN1c2cc(-c3cc(CN4CCc5onc(O)c5C4)ccc3C#N)ccc2N(CC2CC2(F)F)S1(=O)=O. The van der Waals surface area contributed by atoms with Gasteiger partial charge in [0.15, 0.2) is 0 Å². The Labute approximate surface area is 212 Å². The highest BCUT2D eigenvalue weighted by Crippen LogP contribution is 2.52. The number of hydrogen-bond acceptors (Lipinski definition) is 7. The van der Waals surface area contributed by atoms with Crippen LogP contribution in [0.3, 0.4) is 0 Å². The molecule has 1 N–H and O–H groups in total. The average molecular weight is 528 g/mol. The summed E-state index contributed by atoms with van der Waals surface area (Å²) in [4.78, 5) is 2.14. The highest BCUT2D eigenvalue weighted by Gasteiger charge is 2.59. The van der Waals surface area contributed by atoms with E-state index < -0.39 is 22.0 Å². The van der Waals surface area contributed by atoms with Gasteiger partial charge >= 0.3 is 10.2 Å². The molecule has 3 heterocycles. The highest BCUT2D eigenvalue weighted by atomic mass is 32.2. The molecule has 1 saturated carbocycles. The van der Waals surface area contributed by atoms with E-state index in [1.165, 1.54) is 7.05 Å². The van der Waals surface area contributed by atoms with Crippen LogP contribution >= 0.6 is 0 Å². The Bertz CT molecular complexity index is 1570. The largest absolute Gasteiger partial charge is 0.491 e. The molecular formula is C25H23F2N5O4S. The van der Waals surface area contributed by atoms with E-state index in [2.05, 4.69) is 16.1 Å². The summed E-state index contributed by atoms with van der Waals surface area (Å²) in [6.07, 6.45) is 0.310. The third kappa shape index (κ3) is 3.89. The number of hydrogen-bond donors (Lipinski definition) is 1. The summed E-state index contributed by atoms with van der Waals surface area (Å²) in [6.45, 7) is 1.49. The van der Waals surface area contributed by atoms with Crippen LogP contribution in [0.25, 0.3) is 11.1 Å². The molecule has 1 unspecified atom stereocenters. The van der Waals surface area contributed by atoms with Crippen LogP contribution in [-0.4, -0.2) is 49.6 Å². The van der Waals surface area contributed by atoms with Crippen LogP contribution in [0.4, 0.5) is 20.2 Å². The van der Waals surface area contributed by atoms with E-state index in [-0.39, 0.29) is 18.8 Å². The van der Waals surface area contributed by atoms with Gasteiger partial charge in [0.05, 0.1) is 28.6 Å². The zero-order valence-electron chi connectivity index (χ0n) is 19.9. The zero-order valence-corrected chi connectivity index (χ0v) is 20.7.